The normalized spacial score (nSPS) is 11.5. The van der Waals surface area contributed by atoms with E-state index in [9.17, 15) is 4.79 Å². The number of amides is 1. The number of H-pyrrole nitrogens is 2. The second-order valence-corrected chi connectivity index (χ2v) is 9.22. The lowest BCUT2D eigenvalue weighted by Gasteiger charge is -2.30. The molecule has 0 aliphatic rings. The fourth-order valence-corrected chi connectivity index (χ4v) is 4.18. The van der Waals surface area contributed by atoms with E-state index in [1.807, 2.05) is 24.3 Å². The zero-order valence-corrected chi connectivity index (χ0v) is 20.9. The van der Waals surface area contributed by atoms with Gasteiger partial charge >= 0.3 is 0 Å². The highest BCUT2D eigenvalue weighted by Gasteiger charge is 2.19. The van der Waals surface area contributed by atoms with Crippen LogP contribution in [0.25, 0.3) is 0 Å². The molecule has 3 aromatic rings. The van der Waals surface area contributed by atoms with Crippen molar-refractivity contribution in [3.63, 3.8) is 0 Å². The molecular weight excluding hydrogens is 426 g/mol. The largest absolute Gasteiger partial charge is 0.385 e. The van der Waals surface area contributed by atoms with Crippen molar-refractivity contribution < 1.29 is 4.79 Å². The van der Waals surface area contributed by atoms with Crippen LogP contribution in [-0.4, -0.2) is 60.8 Å². The Morgan fingerprint density at radius 3 is 1.97 bits per heavy atom. The van der Waals surface area contributed by atoms with Crippen LogP contribution in [0.4, 0.5) is 5.69 Å². The second kappa shape index (κ2) is 12.9. The number of anilines is 1. The Labute approximate surface area is 203 Å². The van der Waals surface area contributed by atoms with Gasteiger partial charge in [-0.15, -0.1) is 0 Å². The molecule has 0 spiro atoms. The zero-order chi connectivity index (χ0) is 24.3. The van der Waals surface area contributed by atoms with Crippen LogP contribution < -0.4 is 5.32 Å². The Hall–Kier alpha value is -3.13. The SMILES string of the molecule is CC(C)N(CCCCCNc1ccc(C(=O)N(Cc2ncc[nH]2)Cc2ncc[nH]2)cc1)C(C)C. The van der Waals surface area contributed by atoms with E-state index in [4.69, 9.17) is 0 Å². The zero-order valence-electron chi connectivity index (χ0n) is 20.9. The number of nitrogens with zero attached hydrogens (tertiary/aromatic N) is 4. The van der Waals surface area contributed by atoms with Gasteiger partial charge in [0.2, 0.25) is 0 Å². The lowest BCUT2D eigenvalue weighted by molar-refractivity contribution is 0.0721. The Morgan fingerprint density at radius 2 is 1.47 bits per heavy atom. The van der Waals surface area contributed by atoms with Crippen LogP contribution in [0.2, 0.25) is 0 Å². The summed E-state index contributed by atoms with van der Waals surface area (Å²) in [7, 11) is 0. The first-order chi connectivity index (χ1) is 16.4. The first-order valence-corrected chi connectivity index (χ1v) is 12.3. The van der Waals surface area contributed by atoms with Gasteiger partial charge in [0.25, 0.3) is 5.91 Å². The maximum Gasteiger partial charge on any atom is 0.254 e. The molecule has 0 atom stereocenters. The van der Waals surface area contributed by atoms with E-state index in [2.05, 4.69) is 57.8 Å². The minimum Gasteiger partial charge on any atom is -0.385 e. The Bertz CT molecular complexity index is 905. The molecule has 0 saturated carbocycles. The molecular formula is C26H39N7O. The smallest absolute Gasteiger partial charge is 0.254 e. The third-order valence-electron chi connectivity index (χ3n) is 5.96. The Morgan fingerprint density at radius 1 is 0.882 bits per heavy atom. The highest BCUT2D eigenvalue weighted by molar-refractivity contribution is 5.94. The van der Waals surface area contributed by atoms with Gasteiger partial charge in [0.1, 0.15) is 11.6 Å². The van der Waals surface area contributed by atoms with Crippen molar-refractivity contribution in [3.8, 4) is 0 Å². The van der Waals surface area contributed by atoms with Crippen molar-refractivity contribution in [2.45, 2.75) is 72.1 Å². The van der Waals surface area contributed by atoms with Gasteiger partial charge in [-0.1, -0.05) is 6.42 Å². The van der Waals surface area contributed by atoms with Gasteiger partial charge in [-0.2, -0.15) is 0 Å². The summed E-state index contributed by atoms with van der Waals surface area (Å²) in [5.74, 6) is 1.42. The van der Waals surface area contributed by atoms with Gasteiger partial charge in [-0.05, 0) is 71.3 Å². The summed E-state index contributed by atoms with van der Waals surface area (Å²) in [5, 5.41) is 3.48. The summed E-state index contributed by atoms with van der Waals surface area (Å²) in [6, 6.07) is 8.90. The number of aromatic amines is 2. The van der Waals surface area contributed by atoms with E-state index in [-0.39, 0.29) is 5.91 Å². The first kappa shape index (κ1) is 25.5. The number of rotatable bonds is 14. The predicted molar refractivity (Wildman–Crippen MR) is 137 cm³/mol. The summed E-state index contributed by atoms with van der Waals surface area (Å²) in [6.45, 7) is 11.9. The van der Waals surface area contributed by atoms with Gasteiger partial charge in [-0.3, -0.25) is 9.69 Å². The molecule has 1 amide bonds. The fraction of sp³-hybridized carbons (Fsp3) is 0.500. The molecule has 2 heterocycles. The topological polar surface area (TPSA) is 92.9 Å². The number of unbranched alkanes of at least 4 members (excludes halogenated alkanes) is 2. The van der Waals surface area contributed by atoms with E-state index in [1.165, 1.54) is 12.8 Å². The van der Waals surface area contributed by atoms with Crippen molar-refractivity contribution in [2.24, 2.45) is 0 Å². The van der Waals surface area contributed by atoms with E-state index < -0.39 is 0 Å². The van der Waals surface area contributed by atoms with E-state index in [0.717, 1.165) is 36.8 Å². The summed E-state index contributed by atoms with van der Waals surface area (Å²) < 4.78 is 0. The number of hydrogen-bond acceptors (Lipinski definition) is 5. The maximum atomic E-state index is 13.2. The number of imidazole rings is 2. The third-order valence-corrected chi connectivity index (χ3v) is 5.96. The molecule has 0 aliphatic carbocycles. The third kappa shape index (κ3) is 7.73. The molecule has 0 aliphatic heterocycles. The van der Waals surface area contributed by atoms with Crippen LogP contribution in [0, 0.1) is 0 Å². The number of aromatic nitrogens is 4. The number of nitrogens with one attached hydrogen (secondary N) is 3. The van der Waals surface area contributed by atoms with Crippen molar-refractivity contribution in [3.05, 3.63) is 66.3 Å². The first-order valence-electron chi connectivity index (χ1n) is 12.3. The average molecular weight is 466 g/mol. The number of carbonyl (C=O) groups excluding carboxylic acids is 1. The average Bonchev–Trinajstić information content (AvgIpc) is 3.52. The summed E-state index contributed by atoms with van der Waals surface area (Å²) >= 11 is 0. The number of hydrogen-bond donors (Lipinski definition) is 3. The van der Waals surface area contributed by atoms with Crippen LogP contribution in [0.3, 0.4) is 0 Å². The van der Waals surface area contributed by atoms with E-state index in [1.54, 1.807) is 29.7 Å². The highest BCUT2D eigenvalue weighted by atomic mass is 16.2. The second-order valence-electron chi connectivity index (χ2n) is 9.22. The van der Waals surface area contributed by atoms with Crippen molar-refractivity contribution in [1.29, 1.82) is 0 Å². The molecule has 0 radical (unpaired) electrons. The molecule has 2 aromatic heterocycles. The number of carbonyl (C=O) groups is 1. The molecule has 1 aromatic carbocycles. The predicted octanol–water partition coefficient (Wildman–Crippen LogP) is 4.68. The molecule has 8 heteroatoms. The molecule has 8 nitrogen and oxygen atoms in total. The summed E-state index contributed by atoms with van der Waals surface area (Å²) in [4.78, 5) is 32.2. The van der Waals surface area contributed by atoms with Crippen molar-refractivity contribution >= 4 is 11.6 Å². The lowest BCUT2D eigenvalue weighted by Crippen LogP contribution is -2.37. The van der Waals surface area contributed by atoms with Gasteiger partial charge in [0.05, 0.1) is 13.1 Å². The van der Waals surface area contributed by atoms with Gasteiger partial charge in [0.15, 0.2) is 0 Å². The quantitative estimate of drug-likeness (QED) is 0.301. The molecule has 0 bridgehead atoms. The molecule has 184 valence electrons. The minimum absolute atomic E-state index is 0.0563. The highest BCUT2D eigenvalue weighted by Crippen LogP contribution is 2.15. The molecule has 0 saturated heterocycles. The molecule has 34 heavy (non-hydrogen) atoms. The van der Waals surface area contributed by atoms with Crippen molar-refractivity contribution in [2.75, 3.05) is 18.4 Å². The van der Waals surface area contributed by atoms with Crippen molar-refractivity contribution in [1.82, 2.24) is 29.7 Å². The van der Waals surface area contributed by atoms with Crippen LogP contribution in [0.15, 0.2) is 49.1 Å². The Balaban J connectivity index is 1.47. The van der Waals surface area contributed by atoms with Gasteiger partial charge in [0, 0.05) is 54.7 Å². The summed E-state index contributed by atoms with van der Waals surface area (Å²) in [5.41, 5.74) is 1.68. The minimum atomic E-state index is -0.0563. The molecule has 0 unspecified atom stereocenters. The van der Waals surface area contributed by atoms with Crippen LogP contribution in [-0.2, 0) is 13.1 Å². The van der Waals surface area contributed by atoms with E-state index >= 15 is 0 Å². The fourth-order valence-electron chi connectivity index (χ4n) is 4.18. The summed E-state index contributed by atoms with van der Waals surface area (Å²) in [6.07, 6.45) is 10.4. The molecule has 0 fully saturated rings. The van der Waals surface area contributed by atoms with Crippen LogP contribution >= 0.6 is 0 Å². The standard InChI is InChI=1S/C26H39N7O/c1-20(2)33(21(3)4)17-7-5-6-12-27-23-10-8-22(9-11-23)26(34)32(18-24-28-13-14-29-24)19-25-30-15-16-31-25/h8-11,13-16,20-21,27H,5-7,12,17-19H2,1-4H3,(H,28,29)(H,30,31). The van der Waals surface area contributed by atoms with Gasteiger partial charge in [-0.25, -0.2) is 9.97 Å². The van der Waals surface area contributed by atoms with Crippen LogP contribution in [0.5, 0.6) is 0 Å². The van der Waals surface area contributed by atoms with E-state index in [0.29, 0.717) is 30.7 Å². The van der Waals surface area contributed by atoms with Gasteiger partial charge < -0.3 is 20.2 Å². The Kier molecular flexibility index (Phi) is 9.70. The molecule has 3 rings (SSSR count). The number of benzene rings is 1. The lowest BCUT2D eigenvalue weighted by atomic mass is 10.1. The van der Waals surface area contributed by atoms with Crippen LogP contribution in [0.1, 0.15) is 69.0 Å². The molecule has 3 N–H and O–H groups in total. The monoisotopic (exact) mass is 465 g/mol. The maximum absolute atomic E-state index is 13.2.